The van der Waals surface area contributed by atoms with Gasteiger partial charge in [0.1, 0.15) is 11.5 Å². The Morgan fingerprint density at radius 3 is 2.20 bits per heavy atom. The van der Waals surface area contributed by atoms with Crippen molar-refractivity contribution in [3.8, 4) is 11.5 Å². The first-order valence-corrected chi connectivity index (χ1v) is 10.8. The van der Waals surface area contributed by atoms with E-state index in [9.17, 15) is 9.90 Å². The predicted octanol–water partition coefficient (Wildman–Crippen LogP) is 3.58. The Labute approximate surface area is 179 Å². The molecule has 0 radical (unpaired) electrons. The zero-order valence-electron chi connectivity index (χ0n) is 18.0. The number of ether oxygens (including phenoxy) is 1. The van der Waals surface area contributed by atoms with E-state index in [1.54, 1.807) is 0 Å². The maximum Gasteiger partial charge on any atom is 0.241 e. The van der Waals surface area contributed by atoms with Gasteiger partial charge in [-0.2, -0.15) is 0 Å². The fraction of sp³-hybridized carbons (Fsp3) is 0.458. The maximum absolute atomic E-state index is 12.7. The lowest BCUT2D eigenvalue weighted by atomic mass is 10.1. The summed E-state index contributed by atoms with van der Waals surface area (Å²) in [6.07, 6.45) is 2.08. The average Bonchev–Trinajstić information content (AvgIpc) is 2.79. The van der Waals surface area contributed by atoms with E-state index < -0.39 is 0 Å². The van der Waals surface area contributed by atoms with Gasteiger partial charge in [-0.1, -0.05) is 31.5 Å². The Kier molecular flexibility index (Phi) is 8.25. The number of aliphatic hydroxyl groups is 1. The first-order chi connectivity index (χ1) is 14.6. The van der Waals surface area contributed by atoms with E-state index in [-0.39, 0.29) is 24.6 Å². The number of benzene rings is 2. The van der Waals surface area contributed by atoms with Gasteiger partial charge in [0.05, 0.1) is 12.6 Å². The molecule has 2 N–H and O–H groups in total. The Hall–Kier alpha value is -2.41. The summed E-state index contributed by atoms with van der Waals surface area (Å²) in [4.78, 5) is 17.3. The molecule has 0 spiro atoms. The normalized spacial score (nSPS) is 17.3. The van der Waals surface area contributed by atoms with Crippen molar-refractivity contribution in [1.82, 2.24) is 9.80 Å². The van der Waals surface area contributed by atoms with Crippen molar-refractivity contribution in [2.45, 2.75) is 38.8 Å². The first-order valence-electron chi connectivity index (χ1n) is 10.8. The quantitative estimate of drug-likeness (QED) is 0.660. The first kappa shape index (κ1) is 22.3. The van der Waals surface area contributed by atoms with Gasteiger partial charge in [-0.15, -0.1) is 0 Å². The van der Waals surface area contributed by atoms with Gasteiger partial charge in [-0.3, -0.25) is 14.6 Å². The van der Waals surface area contributed by atoms with Crippen LogP contribution in [0.2, 0.25) is 0 Å². The second kappa shape index (κ2) is 11.1. The van der Waals surface area contributed by atoms with Crippen LogP contribution in [0.1, 0.15) is 26.7 Å². The Morgan fingerprint density at radius 1 is 1.00 bits per heavy atom. The minimum Gasteiger partial charge on any atom is -0.457 e. The summed E-state index contributed by atoms with van der Waals surface area (Å²) in [5.74, 6) is 1.51. The Bertz CT molecular complexity index is 774. The number of anilines is 1. The average molecular weight is 412 g/mol. The standard InChI is InChI=1S/C24H33N3O3/c1-3-7-21(18-28)27-16-14-26(15-17-27)19(2)24(29)25-20-10-12-23(13-11-20)30-22-8-5-4-6-9-22/h4-6,8-13,19,21,28H,3,7,14-18H2,1-2H3,(H,25,29). The second-order valence-electron chi connectivity index (χ2n) is 7.80. The van der Waals surface area contributed by atoms with Gasteiger partial charge in [0, 0.05) is 37.9 Å². The molecule has 0 aromatic heterocycles. The zero-order chi connectivity index (χ0) is 21.3. The summed E-state index contributed by atoms with van der Waals surface area (Å²) in [6, 6.07) is 17.1. The van der Waals surface area contributed by atoms with Crippen LogP contribution in [0.15, 0.2) is 54.6 Å². The number of nitrogens with one attached hydrogen (secondary N) is 1. The van der Waals surface area contributed by atoms with Gasteiger partial charge in [0.25, 0.3) is 0 Å². The van der Waals surface area contributed by atoms with Crippen LogP contribution >= 0.6 is 0 Å². The molecular weight excluding hydrogens is 378 g/mol. The lowest BCUT2D eigenvalue weighted by molar-refractivity contribution is -0.121. The van der Waals surface area contributed by atoms with Crippen LogP contribution in [-0.2, 0) is 4.79 Å². The molecule has 1 aliphatic rings. The number of hydrogen-bond donors (Lipinski definition) is 2. The van der Waals surface area contributed by atoms with Crippen LogP contribution in [0.25, 0.3) is 0 Å². The van der Waals surface area contributed by atoms with E-state index in [4.69, 9.17) is 4.74 Å². The van der Waals surface area contributed by atoms with Crippen LogP contribution in [0.3, 0.4) is 0 Å². The summed E-state index contributed by atoms with van der Waals surface area (Å²) in [5, 5.41) is 12.6. The van der Waals surface area contributed by atoms with Crippen molar-refractivity contribution >= 4 is 11.6 Å². The summed E-state index contributed by atoms with van der Waals surface area (Å²) in [7, 11) is 0. The van der Waals surface area contributed by atoms with Crippen LogP contribution < -0.4 is 10.1 Å². The molecule has 1 amide bonds. The molecule has 1 heterocycles. The number of hydrogen-bond acceptors (Lipinski definition) is 5. The molecule has 30 heavy (non-hydrogen) atoms. The van der Waals surface area contributed by atoms with E-state index in [1.807, 2.05) is 61.5 Å². The summed E-state index contributed by atoms with van der Waals surface area (Å²) in [6.45, 7) is 7.73. The maximum atomic E-state index is 12.7. The molecule has 2 atom stereocenters. The second-order valence-corrected chi connectivity index (χ2v) is 7.80. The third kappa shape index (κ3) is 6.05. The molecule has 2 aromatic rings. The molecule has 2 aromatic carbocycles. The molecule has 162 valence electrons. The van der Waals surface area contributed by atoms with E-state index in [0.29, 0.717) is 0 Å². The number of carbonyl (C=O) groups is 1. The highest BCUT2D eigenvalue weighted by molar-refractivity contribution is 5.94. The van der Waals surface area contributed by atoms with Crippen molar-refractivity contribution in [1.29, 1.82) is 0 Å². The van der Waals surface area contributed by atoms with Gasteiger partial charge < -0.3 is 15.2 Å². The minimum absolute atomic E-state index is 0.00700. The molecule has 0 saturated carbocycles. The molecule has 2 unspecified atom stereocenters. The minimum atomic E-state index is -0.203. The largest absolute Gasteiger partial charge is 0.457 e. The lowest BCUT2D eigenvalue weighted by Crippen LogP contribution is -2.55. The highest BCUT2D eigenvalue weighted by atomic mass is 16.5. The van der Waals surface area contributed by atoms with Gasteiger partial charge in [-0.25, -0.2) is 0 Å². The van der Waals surface area contributed by atoms with Crippen LogP contribution in [0.4, 0.5) is 5.69 Å². The van der Waals surface area contributed by atoms with E-state index in [1.165, 1.54) is 0 Å². The number of nitrogens with zero attached hydrogens (tertiary/aromatic N) is 2. The van der Waals surface area contributed by atoms with Crippen molar-refractivity contribution in [3.05, 3.63) is 54.6 Å². The third-order valence-electron chi connectivity index (χ3n) is 5.73. The molecule has 0 aliphatic carbocycles. The van der Waals surface area contributed by atoms with Crippen LogP contribution in [0, 0.1) is 0 Å². The fourth-order valence-corrected chi connectivity index (χ4v) is 3.86. The number of rotatable bonds is 9. The molecular formula is C24H33N3O3. The molecule has 1 fully saturated rings. The van der Waals surface area contributed by atoms with Crippen molar-refractivity contribution in [2.24, 2.45) is 0 Å². The third-order valence-corrected chi connectivity index (χ3v) is 5.73. The van der Waals surface area contributed by atoms with E-state index in [0.717, 1.165) is 56.2 Å². The topological polar surface area (TPSA) is 65.0 Å². The highest BCUT2D eigenvalue weighted by Gasteiger charge is 2.28. The number of aliphatic hydroxyl groups excluding tert-OH is 1. The number of amides is 1. The van der Waals surface area contributed by atoms with Gasteiger partial charge >= 0.3 is 0 Å². The lowest BCUT2D eigenvalue weighted by Gasteiger charge is -2.40. The predicted molar refractivity (Wildman–Crippen MR) is 120 cm³/mol. The van der Waals surface area contributed by atoms with E-state index in [2.05, 4.69) is 22.0 Å². The van der Waals surface area contributed by atoms with Crippen molar-refractivity contribution in [2.75, 3.05) is 38.1 Å². The summed E-state index contributed by atoms with van der Waals surface area (Å²) < 4.78 is 5.79. The molecule has 1 aliphatic heterocycles. The highest BCUT2D eigenvalue weighted by Crippen LogP contribution is 2.23. The van der Waals surface area contributed by atoms with Gasteiger partial charge in [0.2, 0.25) is 5.91 Å². The van der Waals surface area contributed by atoms with Crippen LogP contribution in [0.5, 0.6) is 11.5 Å². The zero-order valence-corrected chi connectivity index (χ0v) is 18.0. The van der Waals surface area contributed by atoms with Crippen molar-refractivity contribution in [3.63, 3.8) is 0 Å². The SMILES string of the molecule is CCCC(CO)N1CCN(C(C)C(=O)Nc2ccc(Oc3ccccc3)cc2)CC1. The number of para-hydroxylation sites is 1. The van der Waals surface area contributed by atoms with Crippen molar-refractivity contribution < 1.29 is 14.6 Å². The van der Waals surface area contributed by atoms with E-state index >= 15 is 0 Å². The van der Waals surface area contributed by atoms with Crippen LogP contribution in [-0.4, -0.2) is 65.7 Å². The smallest absolute Gasteiger partial charge is 0.241 e. The molecule has 6 heteroatoms. The Morgan fingerprint density at radius 2 is 1.60 bits per heavy atom. The fourth-order valence-electron chi connectivity index (χ4n) is 3.86. The monoisotopic (exact) mass is 411 g/mol. The molecule has 3 rings (SSSR count). The molecule has 1 saturated heterocycles. The number of carbonyl (C=O) groups excluding carboxylic acids is 1. The summed E-state index contributed by atoms with van der Waals surface area (Å²) in [5.41, 5.74) is 0.759. The number of piperazine rings is 1. The molecule has 6 nitrogen and oxygen atoms in total. The molecule has 0 bridgehead atoms. The van der Waals surface area contributed by atoms with Gasteiger partial charge in [-0.05, 0) is 49.7 Å². The Balaban J connectivity index is 1.48. The summed E-state index contributed by atoms with van der Waals surface area (Å²) >= 11 is 0. The van der Waals surface area contributed by atoms with Gasteiger partial charge in [0.15, 0.2) is 0 Å².